The first-order valence-electron chi connectivity index (χ1n) is 4.62. The quantitative estimate of drug-likeness (QED) is 0.667. The van der Waals surface area contributed by atoms with Gasteiger partial charge in [-0.2, -0.15) is 0 Å². The van der Waals surface area contributed by atoms with Crippen molar-refractivity contribution in [2.45, 2.75) is 25.7 Å². The highest BCUT2D eigenvalue weighted by Crippen LogP contribution is 2.33. The van der Waals surface area contributed by atoms with Gasteiger partial charge in [0.2, 0.25) is 0 Å². The van der Waals surface area contributed by atoms with E-state index < -0.39 is 0 Å². The summed E-state index contributed by atoms with van der Waals surface area (Å²) < 4.78 is 0. The zero-order valence-corrected chi connectivity index (χ0v) is 7.72. The Balaban J connectivity index is 2.43. The van der Waals surface area contributed by atoms with Gasteiger partial charge in [-0.25, -0.2) is 0 Å². The van der Waals surface area contributed by atoms with Crippen LogP contribution in [0.15, 0.2) is 18.2 Å². The van der Waals surface area contributed by atoms with E-state index in [0.717, 1.165) is 5.92 Å². The van der Waals surface area contributed by atoms with E-state index in [1.807, 2.05) is 7.05 Å². The first kappa shape index (κ1) is 7.66. The smallest absolute Gasteiger partial charge is 0.0340 e. The van der Waals surface area contributed by atoms with Crippen molar-refractivity contribution in [2.75, 3.05) is 12.4 Å². The molecular weight excluding hydrogens is 146 g/mol. The molecule has 1 nitrogen and oxygen atoms in total. The molecule has 2 rings (SSSR count). The third-order valence-electron chi connectivity index (χ3n) is 2.81. The number of anilines is 1. The minimum absolute atomic E-state index is 0.758. The highest BCUT2D eigenvalue weighted by Gasteiger charge is 2.17. The van der Waals surface area contributed by atoms with E-state index in [0.29, 0.717) is 0 Å². The van der Waals surface area contributed by atoms with Crippen molar-refractivity contribution in [3.05, 3.63) is 29.3 Å². The predicted octanol–water partition coefficient (Wildman–Crippen LogP) is 2.78. The topological polar surface area (TPSA) is 12.0 Å². The van der Waals surface area contributed by atoms with Gasteiger partial charge in [0.1, 0.15) is 0 Å². The molecule has 1 heteroatoms. The third-order valence-corrected chi connectivity index (χ3v) is 2.81. The van der Waals surface area contributed by atoms with Crippen LogP contribution in [0.4, 0.5) is 5.69 Å². The molecule has 0 aliphatic heterocycles. The summed E-state index contributed by atoms with van der Waals surface area (Å²) in [6, 6.07) is 6.70. The standard InChI is InChI=1S/C11H15N/c1-8-3-4-9-5-6-10(12-2)7-11(8)9/h5-8,12H,3-4H2,1-2H3. The predicted molar refractivity (Wildman–Crippen MR) is 52.7 cm³/mol. The number of benzene rings is 1. The molecule has 12 heavy (non-hydrogen) atoms. The van der Waals surface area contributed by atoms with Gasteiger partial charge < -0.3 is 5.32 Å². The minimum Gasteiger partial charge on any atom is -0.388 e. The van der Waals surface area contributed by atoms with E-state index in [4.69, 9.17) is 0 Å². The summed E-state index contributed by atoms with van der Waals surface area (Å²) in [5.74, 6) is 0.758. The maximum Gasteiger partial charge on any atom is 0.0340 e. The van der Waals surface area contributed by atoms with Gasteiger partial charge >= 0.3 is 0 Å². The van der Waals surface area contributed by atoms with Gasteiger partial charge in [0.05, 0.1) is 0 Å². The van der Waals surface area contributed by atoms with Gasteiger partial charge in [0.15, 0.2) is 0 Å². The Morgan fingerprint density at radius 3 is 3.00 bits per heavy atom. The number of rotatable bonds is 1. The summed E-state index contributed by atoms with van der Waals surface area (Å²) >= 11 is 0. The van der Waals surface area contributed by atoms with Crippen LogP contribution in [0.1, 0.15) is 30.4 Å². The number of hydrogen-bond acceptors (Lipinski definition) is 1. The maximum absolute atomic E-state index is 3.18. The lowest BCUT2D eigenvalue weighted by Gasteiger charge is -2.06. The van der Waals surface area contributed by atoms with Gasteiger partial charge in [0, 0.05) is 12.7 Å². The van der Waals surface area contributed by atoms with Gasteiger partial charge in [-0.3, -0.25) is 0 Å². The number of fused-ring (bicyclic) bond motifs is 1. The van der Waals surface area contributed by atoms with E-state index in [1.165, 1.54) is 18.5 Å². The molecule has 0 saturated heterocycles. The van der Waals surface area contributed by atoms with Crippen molar-refractivity contribution in [1.82, 2.24) is 0 Å². The molecule has 0 amide bonds. The van der Waals surface area contributed by atoms with Gasteiger partial charge in [-0.05, 0) is 42.0 Å². The molecule has 0 bridgehead atoms. The zero-order valence-electron chi connectivity index (χ0n) is 7.72. The van der Waals surface area contributed by atoms with Crippen LogP contribution in [0.2, 0.25) is 0 Å². The fraction of sp³-hybridized carbons (Fsp3) is 0.455. The lowest BCUT2D eigenvalue weighted by atomic mass is 10.0. The van der Waals surface area contributed by atoms with Crippen molar-refractivity contribution in [3.63, 3.8) is 0 Å². The lowest BCUT2D eigenvalue weighted by molar-refractivity contribution is 0.747. The van der Waals surface area contributed by atoms with Gasteiger partial charge in [-0.15, -0.1) is 0 Å². The van der Waals surface area contributed by atoms with Crippen LogP contribution in [-0.2, 0) is 6.42 Å². The van der Waals surface area contributed by atoms with E-state index in [2.05, 4.69) is 30.4 Å². The van der Waals surface area contributed by atoms with E-state index >= 15 is 0 Å². The van der Waals surface area contributed by atoms with Crippen LogP contribution in [0.3, 0.4) is 0 Å². The zero-order chi connectivity index (χ0) is 8.55. The molecule has 0 fully saturated rings. The molecule has 1 atom stereocenters. The molecule has 1 aliphatic carbocycles. The molecule has 0 radical (unpaired) electrons. The summed E-state index contributed by atoms with van der Waals surface area (Å²) in [7, 11) is 1.97. The highest BCUT2D eigenvalue weighted by molar-refractivity contribution is 5.50. The number of nitrogens with one attached hydrogen (secondary N) is 1. The van der Waals surface area contributed by atoms with Crippen molar-refractivity contribution >= 4 is 5.69 Å². The minimum atomic E-state index is 0.758. The van der Waals surface area contributed by atoms with Crippen molar-refractivity contribution in [2.24, 2.45) is 0 Å². The Kier molecular flexibility index (Phi) is 1.80. The summed E-state index contributed by atoms with van der Waals surface area (Å²) in [6.45, 7) is 2.31. The SMILES string of the molecule is CNc1ccc2c(c1)C(C)CC2. The second-order valence-electron chi connectivity index (χ2n) is 3.60. The second kappa shape index (κ2) is 2.81. The van der Waals surface area contributed by atoms with Crippen LogP contribution >= 0.6 is 0 Å². The van der Waals surface area contributed by atoms with Crippen LogP contribution in [0, 0.1) is 0 Å². The Hall–Kier alpha value is -0.980. The fourth-order valence-corrected chi connectivity index (χ4v) is 1.96. The van der Waals surface area contributed by atoms with Gasteiger partial charge in [-0.1, -0.05) is 13.0 Å². The van der Waals surface area contributed by atoms with Crippen LogP contribution in [0.5, 0.6) is 0 Å². The molecule has 0 saturated carbocycles. The molecule has 1 aliphatic rings. The Labute approximate surface area is 73.8 Å². The lowest BCUT2D eigenvalue weighted by Crippen LogP contribution is -1.91. The molecule has 1 aromatic rings. The normalized spacial score (nSPS) is 20.7. The average molecular weight is 161 g/mol. The Bertz CT molecular complexity index is 291. The van der Waals surface area contributed by atoms with E-state index in [9.17, 15) is 0 Å². The molecule has 1 unspecified atom stereocenters. The third kappa shape index (κ3) is 1.09. The van der Waals surface area contributed by atoms with Crippen molar-refractivity contribution < 1.29 is 0 Å². The Morgan fingerprint density at radius 1 is 1.42 bits per heavy atom. The molecule has 64 valence electrons. The summed E-state index contributed by atoms with van der Waals surface area (Å²) in [5, 5.41) is 3.18. The molecule has 1 aromatic carbocycles. The first-order valence-corrected chi connectivity index (χ1v) is 4.62. The summed E-state index contributed by atoms with van der Waals surface area (Å²) in [5.41, 5.74) is 4.32. The van der Waals surface area contributed by atoms with E-state index in [1.54, 1.807) is 11.1 Å². The summed E-state index contributed by atoms with van der Waals surface area (Å²) in [6.07, 6.45) is 2.59. The monoisotopic (exact) mass is 161 g/mol. The van der Waals surface area contributed by atoms with Crippen molar-refractivity contribution in [3.8, 4) is 0 Å². The Morgan fingerprint density at radius 2 is 2.25 bits per heavy atom. The fourth-order valence-electron chi connectivity index (χ4n) is 1.96. The van der Waals surface area contributed by atoms with E-state index in [-0.39, 0.29) is 0 Å². The first-order chi connectivity index (χ1) is 5.81. The molecular formula is C11H15N. The molecule has 0 aromatic heterocycles. The molecule has 0 heterocycles. The maximum atomic E-state index is 3.18. The number of hydrogen-bond donors (Lipinski definition) is 1. The van der Waals surface area contributed by atoms with Crippen molar-refractivity contribution in [1.29, 1.82) is 0 Å². The second-order valence-corrected chi connectivity index (χ2v) is 3.60. The van der Waals surface area contributed by atoms with Crippen LogP contribution < -0.4 is 5.32 Å². The largest absolute Gasteiger partial charge is 0.388 e. The average Bonchev–Trinajstić information content (AvgIpc) is 2.47. The molecule has 0 spiro atoms. The van der Waals surface area contributed by atoms with Crippen LogP contribution in [-0.4, -0.2) is 7.05 Å². The highest BCUT2D eigenvalue weighted by atomic mass is 14.8. The van der Waals surface area contributed by atoms with Gasteiger partial charge in [0.25, 0.3) is 0 Å². The number of aryl methyl sites for hydroxylation is 1. The molecule has 1 N–H and O–H groups in total. The van der Waals surface area contributed by atoms with Crippen LogP contribution in [0.25, 0.3) is 0 Å². The summed E-state index contributed by atoms with van der Waals surface area (Å²) in [4.78, 5) is 0.